The van der Waals surface area contributed by atoms with Crippen LogP contribution in [0.2, 0.25) is 0 Å². The van der Waals surface area contributed by atoms with Crippen molar-refractivity contribution < 1.29 is 0 Å². The van der Waals surface area contributed by atoms with Gasteiger partial charge < -0.3 is 10.6 Å². The molecule has 2 aromatic rings. The van der Waals surface area contributed by atoms with Crippen molar-refractivity contribution in [3.05, 3.63) is 60.4 Å². The van der Waals surface area contributed by atoms with Crippen LogP contribution in [0.25, 0.3) is 0 Å². The minimum Gasteiger partial charge on any atom is -0.353 e. The molecule has 1 heterocycles. The first-order valence-electron chi connectivity index (χ1n) is 7.33. The fourth-order valence-electron chi connectivity index (χ4n) is 3.04. The number of rotatable bonds is 3. The Morgan fingerprint density at radius 1 is 1.00 bits per heavy atom. The first-order valence-corrected chi connectivity index (χ1v) is 7.74. The van der Waals surface area contributed by atoms with Crippen LogP contribution in [0.3, 0.4) is 0 Å². The van der Waals surface area contributed by atoms with Crippen LogP contribution in [0, 0.1) is 0 Å². The molecule has 0 spiro atoms. The molecule has 0 radical (unpaired) electrons. The fourth-order valence-corrected chi connectivity index (χ4v) is 3.35. The van der Waals surface area contributed by atoms with E-state index in [1.165, 1.54) is 18.4 Å². The van der Waals surface area contributed by atoms with Gasteiger partial charge in [-0.2, -0.15) is 0 Å². The van der Waals surface area contributed by atoms with Crippen molar-refractivity contribution in [2.45, 2.75) is 31.2 Å². The second kappa shape index (κ2) is 6.22. The Kier molecular flexibility index (Phi) is 4.15. The Labute approximate surface area is 130 Å². The third kappa shape index (κ3) is 3.22. The van der Waals surface area contributed by atoms with E-state index in [9.17, 15) is 0 Å². The number of benzene rings is 1. The molecular formula is C17H19N3S. The lowest BCUT2D eigenvalue weighted by Gasteiger charge is -2.32. The van der Waals surface area contributed by atoms with Gasteiger partial charge in [0.2, 0.25) is 0 Å². The van der Waals surface area contributed by atoms with Crippen molar-refractivity contribution in [3.8, 4) is 0 Å². The molecule has 21 heavy (non-hydrogen) atoms. The molecule has 108 valence electrons. The van der Waals surface area contributed by atoms with E-state index in [0.29, 0.717) is 5.11 Å². The third-order valence-electron chi connectivity index (χ3n) is 4.07. The predicted octanol–water partition coefficient (Wildman–Crippen LogP) is 3.84. The molecule has 1 saturated carbocycles. The number of nitrogens with zero attached hydrogens (tertiary/aromatic N) is 1. The summed E-state index contributed by atoms with van der Waals surface area (Å²) in [6.45, 7) is 0. The summed E-state index contributed by atoms with van der Waals surface area (Å²) in [6, 6.07) is 14.4. The van der Waals surface area contributed by atoms with Crippen molar-refractivity contribution in [1.29, 1.82) is 0 Å². The van der Waals surface area contributed by atoms with Crippen molar-refractivity contribution >= 4 is 23.0 Å². The zero-order valence-electron chi connectivity index (χ0n) is 11.9. The second-order valence-corrected chi connectivity index (χ2v) is 5.88. The van der Waals surface area contributed by atoms with E-state index in [4.69, 9.17) is 12.2 Å². The topological polar surface area (TPSA) is 37.0 Å². The highest BCUT2D eigenvalue weighted by Gasteiger charge is 2.35. The molecule has 1 fully saturated rings. The van der Waals surface area contributed by atoms with Crippen LogP contribution in [0.15, 0.2) is 54.9 Å². The Morgan fingerprint density at radius 2 is 1.67 bits per heavy atom. The van der Waals surface area contributed by atoms with E-state index in [2.05, 4.69) is 45.9 Å². The first kappa shape index (κ1) is 14.0. The zero-order chi connectivity index (χ0) is 14.5. The van der Waals surface area contributed by atoms with Crippen molar-refractivity contribution in [1.82, 2.24) is 10.3 Å². The monoisotopic (exact) mass is 297 g/mol. The summed E-state index contributed by atoms with van der Waals surface area (Å²) in [7, 11) is 0. The minimum absolute atomic E-state index is 0.0294. The SMILES string of the molecule is S=C(Nc1ccncc1)NC1(c2ccccc2)CCCC1. The lowest BCUT2D eigenvalue weighted by Crippen LogP contribution is -2.45. The molecule has 0 aliphatic heterocycles. The molecule has 2 N–H and O–H groups in total. The van der Waals surface area contributed by atoms with Crippen molar-refractivity contribution in [2.24, 2.45) is 0 Å². The van der Waals surface area contributed by atoms with Crippen LogP contribution in [0.5, 0.6) is 0 Å². The first-order chi connectivity index (χ1) is 10.3. The normalized spacial score (nSPS) is 16.4. The average Bonchev–Trinajstić information content (AvgIpc) is 2.99. The summed E-state index contributed by atoms with van der Waals surface area (Å²) in [4.78, 5) is 4.01. The largest absolute Gasteiger partial charge is 0.353 e. The predicted molar refractivity (Wildman–Crippen MR) is 90.2 cm³/mol. The molecule has 0 saturated heterocycles. The van der Waals surface area contributed by atoms with Gasteiger partial charge in [0.25, 0.3) is 0 Å². The summed E-state index contributed by atoms with van der Waals surface area (Å²) >= 11 is 5.50. The van der Waals surface area contributed by atoms with Gasteiger partial charge in [0, 0.05) is 18.1 Å². The summed E-state index contributed by atoms with van der Waals surface area (Å²) in [5.74, 6) is 0. The number of hydrogen-bond donors (Lipinski definition) is 2. The van der Waals surface area contributed by atoms with Gasteiger partial charge in [0.15, 0.2) is 5.11 Å². The van der Waals surface area contributed by atoms with E-state index in [-0.39, 0.29) is 5.54 Å². The van der Waals surface area contributed by atoms with Gasteiger partial charge in [0.1, 0.15) is 0 Å². The third-order valence-corrected chi connectivity index (χ3v) is 4.28. The van der Waals surface area contributed by atoms with E-state index >= 15 is 0 Å². The highest BCUT2D eigenvalue weighted by atomic mass is 32.1. The van der Waals surface area contributed by atoms with Crippen LogP contribution in [0.1, 0.15) is 31.2 Å². The van der Waals surface area contributed by atoms with Gasteiger partial charge in [-0.3, -0.25) is 4.98 Å². The minimum atomic E-state index is -0.0294. The zero-order valence-corrected chi connectivity index (χ0v) is 12.7. The molecule has 4 heteroatoms. The summed E-state index contributed by atoms with van der Waals surface area (Å²) in [5.41, 5.74) is 2.25. The number of pyridine rings is 1. The number of nitrogens with one attached hydrogen (secondary N) is 2. The molecule has 0 unspecified atom stereocenters. The van der Waals surface area contributed by atoms with E-state index in [1.54, 1.807) is 12.4 Å². The van der Waals surface area contributed by atoms with Crippen LogP contribution < -0.4 is 10.6 Å². The van der Waals surface area contributed by atoms with Crippen LogP contribution >= 0.6 is 12.2 Å². The summed E-state index contributed by atoms with van der Waals surface area (Å²) < 4.78 is 0. The van der Waals surface area contributed by atoms with Gasteiger partial charge in [-0.25, -0.2) is 0 Å². The van der Waals surface area contributed by atoms with Gasteiger partial charge in [-0.1, -0.05) is 43.2 Å². The molecule has 1 aromatic carbocycles. The van der Waals surface area contributed by atoms with Crippen molar-refractivity contribution in [2.75, 3.05) is 5.32 Å². The van der Waals surface area contributed by atoms with Gasteiger partial charge >= 0.3 is 0 Å². The van der Waals surface area contributed by atoms with Gasteiger partial charge in [-0.15, -0.1) is 0 Å². The van der Waals surface area contributed by atoms with E-state index in [1.807, 2.05) is 12.1 Å². The number of aromatic nitrogens is 1. The fraction of sp³-hybridized carbons (Fsp3) is 0.294. The lowest BCUT2D eigenvalue weighted by atomic mass is 9.88. The maximum Gasteiger partial charge on any atom is 0.171 e. The quantitative estimate of drug-likeness (QED) is 0.844. The summed E-state index contributed by atoms with van der Waals surface area (Å²) in [6.07, 6.45) is 8.23. The summed E-state index contributed by atoms with van der Waals surface area (Å²) in [5, 5.41) is 7.47. The van der Waals surface area contributed by atoms with Gasteiger partial charge in [-0.05, 0) is 42.8 Å². The van der Waals surface area contributed by atoms with Crippen LogP contribution in [-0.2, 0) is 5.54 Å². The van der Waals surface area contributed by atoms with Gasteiger partial charge in [0.05, 0.1) is 5.54 Å². The van der Waals surface area contributed by atoms with E-state index in [0.717, 1.165) is 18.5 Å². The molecule has 0 atom stereocenters. The Bertz CT molecular complexity index is 592. The maximum absolute atomic E-state index is 5.50. The average molecular weight is 297 g/mol. The molecule has 1 aliphatic rings. The van der Waals surface area contributed by atoms with E-state index < -0.39 is 0 Å². The lowest BCUT2D eigenvalue weighted by molar-refractivity contribution is 0.408. The van der Waals surface area contributed by atoms with Crippen LogP contribution in [-0.4, -0.2) is 10.1 Å². The smallest absolute Gasteiger partial charge is 0.171 e. The highest BCUT2D eigenvalue weighted by molar-refractivity contribution is 7.80. The Morgan fingerprint density at radius 3 is 2.33 bits per heavy atom. The Balaban J connectivity index is 1.75. The number of hydrogen-bond acceptors (Lipinski definition) is 2. The Hall–Kier alpha value is -1.94. The highest BCUT2D eigenvalue weighted by Crippen LogP contribution is 2.38. The molecule has 3 rings (SSSR count). The molecule has 0 bridgehead atoms. The molecule has 1 aromatic heterocycles. The van der Waals surface area contributed by atoms with Crippen LogP contribution in [0.4, 0.5) is 5.69 Å². The molecule has 1 aliphatic carbocycles. The second-order valence-electron chi connectivity index (χ2n) is 5.47. The molecule has 3 nitrogen and oxygen atoms in total. The number of thiocarbonyl (C=S) groups is 1. The maximum atomic E-state index is 5.50. The standard InChI is InChI=1S/C17H19N3S/c21-16(19-15-8-12-18-13-9-15)20-17(10-4-5-11-17)14-6-2-1-3-7-14/h1-3,6-9,12-13H,4-5,10-11H2,(H2,18,19,20,21). The van der Waals surface area contributed by atoms with Crippen molar-refractivity contribution in [3.63, 3.8) is 0 Å². The molecular weight excluding hydrogens is 278 g/mol. The number of anilines is 1. The molecule has 0 amide bonds.